The Hall–Kier alpha value is -1.32. The highest BCUT2D eigenvalue weighted by molar-refractivity contribution is 5.92. The van der Waals surface area contributed by atoms with Crippen LogP contribution in [0.5, 0.6) is 0 Å². The Labute approximate surface area is 126 Å². The molecule has 1 aliphatic heterocycles. The monoisotopic (exact) mass is 290 g/mol. The van der Waals surface area contributed by atoms with Crippen molar-refractivity contribution in [2.24, 2.45) is 11.8 Å². The summed E-state index contributed by atoms with van der Waals surface area (Å²) in [4.78, 5) is 14.4. The molecule has 1 aromatic rings. The predicted octanol–water partition coefficient (Wildman–Crippen LogP) is 3.84. The molecule has 1 amide bonds. The van der Waals surface area contributed by atoms with Gasteiger partial charge in [0.1, 0.15) is 5.76 Å². The third-order valence-corrected chi connectivity index (χ3v) is 5.03. The van der Waals surface area contributed by atoms with Gasteiger partial charge in [0, 0.05) is 25.1 Å². The zero-order valence-corrected chi connectivity index (χ0v) is 13.2. The van der Waals surface area contributed by atoms with Gasteiger partial charge < -0.3 is 9.42 Å². The molecule has 1 saturated carbocycles. The fourth-order valence-electron chi connectivity index (χ4n) is 3.75. The molecule has 0 bridgehead atoms. The van der Waals surface area contributed by atoms with Crippen molar-refractivity contribution in [1.82, 2.24) is 10.1 Å². The SMILES string of the molecule is CC(C)c1cc(C(=O)N2CC[C@H](CC3CCCC3)C2)no1. The van der Waals surface area contributed by atoms with Crippen molar-refractivity contribution >= 4 is 5.91 Å². The number of aromatic nitrogens is 1. The zero-order valence-electron chi connectivity index (χ0n) is 13.2. The van der Waals surface area contributed by atoms with E-state index in [9.17, 15) is 4.79 Å². The number of likely N-dealkylation sites (tertiary alicyclic amines) is 1. The molecule has 0 N–H and O–H groups in total. The van der Waals surface area contributed by atoms with Crippen molar-refractivity contribution in [3.05, 3.63) is 17.5 Å². The minimum atomic E-state index is 0.0413. The minimum absolute atomic E-state index is 0.0413. The van der Waals surface area contributed by atoms with Gasteiger partial charge in [-0.15, -0.1) is 0 Å². The van der Waals surface area contributed by atoms with Gasteiger partial charge in [0.2, 0.25) is 0 Å². The van der Waals surface area contributed by atoms with E-state index < -0.39 is 0 Å². The molecule has 2 aliphatic rings. The first-order chi connectivity index (χ1) is 10.1. The summed E-state index contributed by atoms with van der Waals surface area (Å²) in [5.41, 5.74) is 0.472. The van der Waals surface area contributed by atoms with Crippen LogP contribution in [0, 0.1) is 11.8 Å². The molecule has 2 heterocycles. The number of carbonyl (C=O) groups is 1. The van der Waals surface area contributed by atoms with Gasteiger partial charge in [-0.3, -0.25) is 4.79 Å². The Kier molecular flexibility index (Phi) is 4.32. The number of hydrogen-bond donors (Lipinski definition) is 0. The average molecular weight is 290 g/mol. The van der Waals surface area contributed by atoms with Crippen LogP contribution in [0.25, 0.3) is 0 Å². The average Bonchev–Trinajstić information content (AvgIpc) is 3.20. The lowest BCUT2D eigenvalue weighted by atomic mass is 9.93. The summed E-state index contributed by atoms with van der Waals surface area (Å²) in [6.07, 6.45) is 8.04. The number of nitrogens with zero attached hydrogens (tertiary/aromatic N) is 2. The standard InChI is InChI=1S/C17H26N2O2/c1-12(2)16-10-15(18-21-16)17(20)19-8-7-14(11-19)9-13-5-3-4-6-13/h10,12-14H,3-9,11H2,1-2H3/t14-/m1/s1. The van der Waals surface area contributed by atoms with Crippen LogP contribution in [-0.4, -0.2) is 29.1 Å². The lowest BCUT2D eigenvalue weighted by Gasteiger charge is -2.17. The van der Waals surface area contributed by atoms with Gasteiger partial charge in [-0.1, -0.05) is 44.7 Å². The van der Waals surface area contributed by atoms with Gasteiger partial charge in [0.25, 0.3) is 5.91 Å². The van der Waals surface area contributed by atoms with E-state index in [0.717, 1.165) is 31.2 Å². The molecule has 3 rings (SSSR count). The fourth-order valence-corrected chi connectivity index (χ4v) is 3.75. The third-order valence-electron chi connectivity index (χ3n) is 5.03. The van der Waals surface area contributed by atoms with Gasteiger partial charge in [0.15, 0.2) is 5.69 Å². The molecule has 0 unspecified atom stereocenters. The maximum atomic E-state index is 12.5. The van der Waals surface area contributed by atoms with Crippen LogP contribution in [-0.2, 0) is 0 Å². The van der Waals surface area contributed by atoms with Crippen molar-refractivity contribution < 1.29 is 9.32 Å². The largest absolute Gasteiger partial charge is 0.360 e. The van der Waals surface area contributed by atoms with Crippen LogP contribution in [0.3, 0.4) is 0 Å². The highest BCUT2D eigenvalue weighted by atomic mass is 16.5. The van der Waals surface area contributed by atoms with E-state index in [1.54, 1.807) is 6.07 Å². The molecule has 4 heteroatoms. The molecule has 1 aliphatic carbocycles. The molecule has 0 radical (unpaired) electrons. The second-order valence-electron chi connectivity index (χ2n) is 7.06. The van der Waals surface area contributed by atoms with E-state index in [-0.39, 0.29) is 11.8 Å². The molecule has 116 valence electrons. The van der Waals surface area contributed by atoms with Crippen molar-refractivity contribution in [3.63, 3.8) is 0 Å². The predicted molar refractivity (Wildman–Crippen MR) is 81.2 cm³/mol. The van der Waals surface area contributed by atoms with Gasteiger partial charge in [0.05, 0.1) is 0 Å². The van der Waals surface area contributed by atoms with Crippen molar-refractivity contribution in [2.75, 3.05) is 13.1 Å². The second kappa shape index (κ2) is 6.20. The minimum Gasteiger partial charge on any atom is -0.360 e. The Morgan fingerprint density at radius 2 is 2.10 bits per heavy atom. The molecule has 1 atom stereocenters. The number of carbonyl (C=O) groups excluding carboxylic acids is 1. The number of rotatable bonds is 4. The topological polar surface area (TPSA) is 46.3 Å². The zero-order chi connectivity index (χ0) is 14.8. The van der Waals surface area contributed by atoms with Gasteiger partial charge >= 0.3 is 0 Å². The van der Waals surface area contributed by atoms with Crippen LogP contribution in [0.15, 0.2) is 10.6 Å². The van der Waals surface area contributed by atoms with Crippen LogP contribution in [0.4, 0.5) is 0 Å². The third kappa shape index (κ3) is 3.30. The Morgan fingerprint density at radius 3 is 2.76 bits per heavy atom. The van der Waals surface area contributed by atoms with Crippen molar-refractivity contribution in [2.45, 2.75) is 58.3 Å². The highest BCUT2D eigenvalue weighted by Crippen LogP contribution is 2.33. The summed E-state index contributed by atoms with van der Waals surface area (Å²) in [7, 11) is 0. The number of hydrogen-bond acceptors (Lipinski definition) is 3. The van der Waals surface area contributed by atoms with Crippen LogP contribution in [0.2, 0.25) is 0 Å². The molecule has 1 aromatic heterocycles. The lowest BCUT2D eigenvalue weighted by Crippen LogP contribution is -2.29. The highest BCUT2D eigenvalue weighted by Gasteiger charge is 2.30. The molecule has 2 fully saturated rings. The van der Waals surface area contributed by atoms with Gasteiger partial charge in [-0.05, 0) is 24.7 Å². The Balaban J connectivity index is 1.55. The summed E-state index contributed by atoms with van der Waals surface area (Å²) < 4.78 is 5.24. The van der Waals surface area contributed by atoms with E-state index >= 15 is 0 Å². The van der Waals surface area contributed by atoms with E-state index in [0.29, 0.717) is 11.6 Å². The second-order valence-corrected chi connectivity index (χ2v) is 7.06. The van der Waals surface area contributed by atoms with Crippen molar-refractivity contribution in [3.8, 4) is 0 Å². The van der Waals surface area contributed by atoms with E-state index in [4.69, 9.17) is 4.52 Å². The summed E-state index contributed by atoms with van der Waals surface area (Å²) in [6.45, 7) is 5.86. The number of amides is 1. The summed E-state index contributed by atoms with van der Waals surface area (Å²) in [6, 6.07) is 1.80. The van der Waals surface area contributed by atoms with Crippen LogP contribution in [0.1, 0.15) is 74.5 Å². The van der Waals surface area contributed by atoms with E-state index in [1.807, 2.05) is 18.7 Å². The lowest BCUT2D eigenvalue weighted by molar-refractivity contribution is 0.0775. The normalized spacial score (nSPS) is 23.4. The summed E-state index contributed by atoms with van der Waals surface area (Å²) in [5.74, 6) is 2.70. The van der Waals surface area contributed by atoms with Crippen LogP contribution >= 0.6 is 0 Å². The fraction of sp³-hybridized carbons (Fsp3) is 0.765. The maximum absolute atomic E-state index is 12.5. The maximum Gasteiger partial charge on any atom is 0.276 e. The molecule has 21 heavy (non-hydrogen) atoms. The van der Waals surface area contributed by atoms with Gasteiger partial charge in [-0.25, -0.2) is 0 Å². The van der Waals surface area contributed by atoms with Crippen molar-refractivity contribution in [1.29, 1.82) is 0 Å². The molecule has 0 aromatic carbocycles. The summed E-state index contributed by atoms with van der Waals surface area (Å²) >= 11 is 0. The molecule has 0 spiro atoms. The molecule has 1 saturated heterocycles. The first-order valence-electron chi connectivity index (χ1n) is 8.39. The van der Waals surface area contributed by atoms with E-state index in [2.05, 4.69) is 5.16 Å². The Morgan fingerprint density at radius 1 is 1.33 bits per heavy atom. The van der Waals surface area contributed by atoms with Gasteiger partial charge in [-0.2, -0.15) is 0 Å². The quantitative estimate of drug-likeness (QED) is 0.846. The Bertz CT molecular complexity index is 489. The molecular weight excluding hydrogens is 264 g/mol. The van der Waals surface area contributed by atoms with E-state index in [1.165, 1.54) is 32.1 Å². The first-order valence-corrected chi connectivity index (χ1v) is 8.39. The molecule has 4 nitrogen and oxygen atoms in total. The molecular formula is C17H26N2O2. The van der Waals surface area contributed by atoms with Crippen LogP contribution < -0.4 is 0 Å². The smallest absolute Gasteiger partial charge is 0.276 e. The first kappa shape index (κ1) is 14.6. The summed E-state index contributed by atoms with van der Waals surface area (Å²) in [5, 5.41) is 3.94.